The van der Waals surface area contributed by atoms with Gasteiger partial charge in [0, 0.05) is 12.1 Å². The van der Waals surface area contributed by atoms with Gasteiger partial charge in [0.05, 0.1) is 18.4 Å². The second kappa shape index (κ2) is 6.60. The van der Waals surface area contributed by atoms with Crippen molar-refractivity contribution in [3.8, 4) is 0 Å². The van der Waals surface area contributed by atoms with Crippen LogP contribution in [0.25, 0.3) is 0 Å². The predicted molar refractivity (Wildman–Crippen MR) is 87.4 cm³/mol. The van der Waals surface area contributed by atoms with Crippen LogP contribution in [0.2, 0.25) is 0 Å². The number of hydrogen-bond acceptors (Lipinski definition) is 5. The van der Waals surface area contributed by atoms with Crippen molar-refractivity contribution in [3.05, 3.63) is 29.8 Å². The first-order valence-corrected chi connectivity index (χ1v) is 7.77. The highest BCUT2D eigenvalue weighted by molar-refractivity contribution is 6.14. The van der Waals surface area contributed by atoms with Crippen molar-refractivity contribution < 1.29 is 9.59 Å². The minimum atomic E-state index is -0.638. The standard InChI is InChI=1S/C16H19N5O2/c1-2-3-8-17-14(22)9-13-16(23)20-19-15-11-6-4-5-7-12(11)18-10-21(13)15/h4-7,10,13H,2-3,8-9H2,1H3,(H,17,22)(H,20,23). The number of benzene rings is 1. The zero-order valence-corrected chi connectivity index (χ0v) is 13.0. The topological polar surface area (TPSA) is 86.2 Å². The summed E-state index contributed by atoms with van der Waals surface area (Å²) in [6.45, 7) is 2.69. The first-order valence-electron chi connectivity index (χ1n) is 7.77. The fraction of sp³-hybridized carbons (Fsp3) is 0.375. The highest BCUT2D eigenvalue weighted by atomic mass is 16.2. The molecular formula is C16H19N5O2. The van der Waals surface area contributed by atoms with Crippen molar-refractivity contribution in [1.82, 2.24) is 15.6 Å². The second-order valence-electron chi connectivity index (χ2n) is 5.50. The molecule has 2 N–H and O–H groups in total. The molecule has 23 heavy (non-hydrogen) atoms. The maximum absolute atomic E-state index is 12.1. The van der Waals surface area contributed by atoms with Crippen LogP contribution < -0.4 is 10.7 Å². The molecule has 3 rings (SSSR count). The van der Waals surface area contributed by atoms with E-state index in [4.69, 9.17) is 0 Å². The van der Waals surface area contributed by atoms with Crippen LogP contribution >= 0.6 is 0 Å². The van der Waals surface area contributed by atoms with Crippen LogP contribution in [0.5, 0.6) is 0 Å². The van der Waals surface area contributed by atoms with Crippen molar-refractivity contribution in [1.29, 1.82) is 0 Å². The van der Waals surface area contributed by atoms with Crippen molar-refractivity contribution >= 4 is 29.7 Å². The van der Waals surface area contributed by atoms with E-state index in [-0.39, 0.29) is 18.2 Å². The Morgan fingerprint density at radius 1 is 1.39 bits per heavy atom. The van der Waals surface area contributed by atoms with Crippen LogP contribution in [-0.2, 0) is 9.59 Å². The second-order valence-corrected chi connectivity index (χ2v) is 5.50. The molecule has 1 aromatic rings. The first kappa shape index (κ1) is 15.2. The summed E-state index contributed by atoms with van der Waals surface area (Å²) in [5.74, 6) is 0.166. The average molecular weight is 313 g/mol. The van der Waals surface area contributed by atoms with Crippen LogP contribution in [0.3, 0.4) is 0 Å². The Morgan fingerprint density at radius 2 is 2.22 bits per heavy atom. The fourth-order valence-electron chi connectivity index (χ4n) is 2.59. The Kier molecular flexibility index (Phi) is 4.36. The Hall–Kier alpha value is -2.70. The monoisotopic (exact) mass is 313 g/mol. The number of amidine groups is 1. The minimum Gasteiger partial charge on any atom is -0.356 e. The molecule has 1 aromatic carbocycles. The van der Waals surface area contributed by atoms with E-state index in [0.717, 1.165) is 24.1 Å². The molecule has 120 valence electrons. The van der Waals surface area contributed by atoms with Gasteiger partial charge in [-0.2, -0.15) is 5.10 Å². The van der Waals surface area contributed by atoms with Crippen molar-refractivity contribution in [3.63, 3.8) is 0 Å². The van der Waals surface area contributed by atoms with Gasteiger partial charge in [0.2, 0.25) is 5.91 Å². The van der Waals surface area contributed by atoms with Crippen molar-refractivity contribution in [2.45, 2.75) is 32.2 Å². The summed E-state index contributed by atoms with van der Waals surface area (Å²) in [5, 5.41) is 6.96. The average Bonchev–Trinajstić information content (AvgIpc) is 2.57. The Bertz CT molecular complexity index is 683. The molecule has 0 aromatic heterocycles. The highest BCUT2D eigenvalue weighted by Gasteiger charge is 2.36. The minimum absolute atomic E-state index is 0.0722. The smallest absolute Gasteiger partial charge is 0.263 e. The maximum atomic E-state index is 12.1. The molecule has 2 aliphatic heterocycles. The van der Waals surface area contributed by atoms with Gasteiger partial charge in [-0.05, 0) is 18.6 Å². The van der Waals surface area contributed by atoms with E-state index >= 15 is 0 Å². The molecule has 1 atom stereocenters. The Balaban J connectivity index is 1.77. The first-order chi connectivity index (χ1) is 11.2. The molecule has 2 aliphatic rings. The zero-order valence-electron chi connectivity index (χ0n) is 13.0. The van der Waals surface area contributed by atoms with Crippen LogP contribution in [0.15, 0.2) is 34.4 Å². The summed E-state index contributed by atoms with van der Waals surface area (Å²) in [6, 6.07) is 6.93. The predicted octanol–water partition coefficient (Wildman–Crippen LogP) is 1.13. The molecule has 0 aliphatic carbocycles. The summed E-state index contributed by atoms with van der Waals surface area (Å²) in [5.41, 5.74) is 4.15. The van der Waals surface area contributed by atoms with Gasteiger partial charge in [0.15, 0.2) is 5.84 Å². The van der Waals surface area contributed by atoms with E-state index in [1.54, 1.807) is 11.2 Å². The molecule has 0 saturated carbocycles. The molecule has 0 saturated heterocycles. The van der Waals surface area contributed by atoms with E-state index in [1.165, 1.54) is 0 Å². The molecule has 2 amide bonds. The summed E-state index contributed by atoms with van der Waals surface area (Å²) < 4.78 is 0. The number of nitrogens with zero attached hydrogens (tertiary/aromatic N) is 3. The SMILES string of the molecule is CCCCNC(=O)CC1C(=O)NN=C2c3ccccc3N=CN21. The number of para-hydroxylation sites is 1. The van der Waals surface area contributed by atoms with E-state index in [0.29, 0.717) is 12.4 Å². The normalized spacial score (nSPS) is 18.7. The molecule has 0 fully saturated rings. The lowest BCUT2D eigenvalue weighted by Crippen LogP contribution is -2.55. The van der Waals surface area contributed by atoms with Crippen LogP contribution in [-0.4, -0.2) is 41.5 Å². The summed E-state index contributed by atoms with van der Waals surface area (Å²) in [4.78, 5) is 30.2. The van der Waals surface area contributed by atoms with Gasteiger partial charge in [-0.15, -0.1) is 0 Å². The number of carbonyl (C=O) groups excluding carboxylic acids is 2. The van der Waals surface area contributed by atoms with Gasteiger partial charge in [-0.25, -0.2) is 10.4 Å². The lowest BCUT2D eigenvalue weighted by molar-refractivity contribution is -0.130. The number of nitrogens with one attached hydrogen (secondary N) is 2. The number of amides is 2. The molecule has 7 nitrogen and oxygen atoms in total. The number of rotatable bonds is 5. The molecule has 0 bridgehead atoms. The van der Waals surface area contributed by atoms with Gasteiger partial charge in [0.1, 0.15) is 6.04 Å². The number of fused-ring (bicyclic) bond motifs is 3. The number of aliphatic imine (C=N–C) groups is 1. The van der Waals surface area contributed by atoms with Gasteiger partial charge in [-0.1, -0.05) is 25.5 Å². The number of hydrazone groups is 1. The summed E-state index contributed by atoms with van der Waals surface area (Å²) >= 11 is 0. The Labute approximate surface area is 134 Å². The molecule has 0 radical (unpaired) electrons. The Morgan fingerprint density at radius 3 is 3.04 bits per heavy atom. The van der Waals surface area contributed by atoms with Gasteiger partial charge in [-0.3, -0.25) is 9.59 Å². The molecular weight excluding hydrogens is 294 g/mol. The van der Waals surface area contributed by atoms with Crippen LogP contribution in [0.1, 0.15) is 31.7 Å². The fourth-order valence-corrected chi connectivity index (χ4v) is 2.59. The van der Waals surface area contributed by atoms with E-state index in [9.17, 15) is 9.59 Å². The van der Waals surface area contributed by atoms with Crippen molar-refractivity contribution in [2.24, 2.45) is 10.1 Å². The molecule has 1 unspecified atom stereocenters. The lowest BCUT2D eigenvalue weighted by Gasteiger charge is -2.34. The zero-order chi connectivity index (χ0) is 16.2. The van der Waals surface area contributed by atoms with Crippen LogP contribution in [0, 0.1) is 0 Å². The third-order valence-corrected chi connectivity index (χ3v) is 3.85. The number of unbranched alkanes of at least 4 members (excludes halogenated alkanes) is 1. The number of hydrogen-bond donors (Lipinski definition) is 2. The summed E-state index contributed by atoms with van der Waals surface area (Å²) in [6.07, 6.45) is 3.58. The molecule has 2 heterocycles. The third kappa shape index (κ3) is 3.08. The third-order valence-electron chi connectivity index (χ3n) is 3.85. The maximum Gasteiger partial charge on any atom is 0.263 e. The van der Waals surface area contributed by atoms with E-state index in [2.05, 4.69) is 27.8 Å². The van der Waals surface area contributed by atoms with E-state index in [1.807, 2.05) is 24.3 Å². The van der Waals surface area contributed by atoms with Crippen molar-refractivity contribution in [2.75, 3.05) is 6.54 Å². The van der Waals surface area contributed by atoms with Gasteiger partial charge in [0.25, 0.3) is 5.91 Å². The van der Waals surface area contributed by atoms with E-state index < -0.39 is 6.04 Å². The lowest BCUT2D eigenvalue weighted by atomic mass is 10.1. The highest BCUT2D eigenvalue weighted by Crippen LogP contribution is 2.27. The van der Waals surface area contributed by atoms with Crippen LogP contribution in [0.4, 0.5) is 5.69 Å². The quantitative estimate of drug-likeness (QED) is 0.799. The largest absolute Gasteiger partial charge is 0.356 e. The number of carbonyl (C=O) groups is 2. The van der Waals surface area contributed by atoms with Gasteiger partial charge >= 0.3 is 0 Å². The molecule has 7 heteroatoms. The van der Waals surface area contributed by atoms with Gasteiger partial charge < -0.3 is 10.2 Å². The molecule has 0 spiro atoms. The summed E-state index contributed by atoms with van der Waals surface area (Å²) in [7, 11) is 0.